The van der Waals surface area contributed by atoms with Gasteiger partial charge in [-0.1, -0.05) is 11.3 Å². The van der Waals surface area contributed by atoms with Gasteiger partial charge in [0.05, 0.1) is 0 Å². The molecule has 68 valence electrons. The van der Waals surface area contributed by atoms with E-state index in [1.54, 1.807) is 17.5 Å². The third-order valence-corrected chi connectivity index (χ3v) is 2.35. The number of thiazole rings is 1. The number of hydrogen-bond acceptors (Lipinski definition) is 4. The minimum Gasteiger partial charge on any atom is -0.465 e. The molecule has 0 spiro atoms. The molecule has 1 atom stereocenters. The Labute approximate surface area is 81.6 Å². The summed E-state index contributed by atoms with van der Waals surface area (Å²) in [6, 6.07) is 0. The molecule has 0 aromatic carbocycles. The lowest BCUT2D eigenvalue weighted by Gasteiger charge is -2.07. The molecule has 0 radical (unpaired) electrons. The van der Waals surface area contributed by atoms with Crippen molar-refractivity contribution in [2.45, 2.75) is 12.5 Å². The second-order valence-electron chi connectivity index (χ2n) is 2.53. The van der Waals surface area contributed by atoms with Crippen molar-refractivity contribution in [3.63, 3.8) is 0 Å². The first-order valence-corrected chi connectivity index (χ1v) is 4.60. The average Bonchev–Trinajstić information content (AvgIpc) is 2.60. The van der Waals surface area contributed by atoms with Crippen LogP contribution >= 0.6 is 23.7 Å². The van der Waals surface area contributed by atoms with Crippen molar-refractivity contribution in [1.82, 2.24) is 10.3 Å². The van der Waals surface area contributed by atoms with Crippen molar-refractivity contribution in [1.29, 1.82) is 0 Å². The van der Waals surface area contributed by atoms with Gasteiger partial charge in [0, 0.05) is 18.1 Å². The van der Waals surface area contributed by atoms with Gasteiger partial charge in [-0.05, 0) is 13.0 Å². The fourth-order valence-corrected chi connectivity index (χ4v) is 1.69. The Morgan fingerprint density at radius 3 is 3.17 bits per heavy atom. The van der Waals surface area contributed by atoms with Crippen molar-refractivity contribution in [2.75, 3.05) is 13.1 Å². The van der Waals surface area contributed by atoms with Crippen LogP contribution < -0.4 is 10.1 Å². The molecule has 1 saturated heterocycles. The van der Waals surface area contributed by atoms with Crippen LogP contribution in [-0.4, -0.2) is 24.2 Å². The summed E-state index contributed by atoms with van der Waals surface area (Å²) in [5.74, 6) is 0. The number of nitrogens with zero attached hydrogens (tertiary/aromatic N) is 1. The SMILES string of the molecule is Cl.c1csc(O[C@H]2CCNC2)n1. The molecule has 0 bridgehead atoms. The summed E-state index contributed by atoms with van der Waals surface area (Å²) < 4.78 is 5.56. The summed E-state index contributed by atoms with van der Waals surface area (Å²) in [6.45, 7) is 2.02. The first-order chi connectivity index (χ1) is 5.45. The molecule has 1 aromatic rings. The summed E-state index contributed by atoms with van der Waals surface area (Å²) in [7, 11) is 0. The zero-order chi connectivity index (χ0) is 7.52. The van der Waals surface area contributed by atoms with Crippen LogP contribution in [0.15, 0.2) is 11.6 Å². The maximum atomic E-state index is 5.56. The molecular formula is C7H11ClN2OS. The van der Waals surface area contributed by atoms with E-state index >= 15 is 0 Å². The molecule has 1 aromatic heterocycles. The van der Waals surface area contributed by atoms with Crippen LogP contribution in [-0.2, 0) is 0 Å². The van der Waals surface area contributed by atoms with Crippen molar-refractivity contribution < 1.29 is 4.74 Å². The number of ether oxygens (including phenoxy) is 1. The standard InChI is InChI=1S/C7H10N2OS.ClH/c1-2-8-5-6(1)10-7-9-3-4-11-7;/h3-4,6,8H,1-2,5H2;1H/t6-;/m0./s1. The van der Waals surface area contributed by atoms with E-state index in [2.05, 4.69) is 10.3 Å². The topological polar surface area (TPSA) is 34.1 Å². The second kappa shape index (κ2) is 4.64. The average molecular weight is 207 g/mol. The van der Waals surface area contributed by atoms with Crippen molar-refractivity contribution in [3.8, 4) is 5.19 Å². The van der Waals surface area contributed by atoms with E-state index in [0.717, 1.165) is 24.7 Å². The lowest BCUT2D eigenvalue weighted by Crippen LogP contribution is -2.19. The van der Waals surface area contributed by atoms with E-state index in [4.69, 9.17) is 4.74 Å². The molecule has 12 heavy (non-hydrogen) atoms. The molecular weight excluding hydrogens is 196 g/mol. The molecule has 0 unspecified atom stereocenters. The Kier molecular flexibility index (Phi) is 3.78. The van der Waals surface area contributed by atoms with E-state index in [1.165, 1.54) is 0 Å². The van der Waals surface area contributed by atoms with Gasteiger partial charge >= 0.3 is 0 Å². The number of rotatable bonds is 2. The predicted molar refractivity (Wildman–Crippen MR) is 51.3 cm³/mol. The van der Waals surface area contributed by atoms with E-state index < -0.39 is 0 Å². The Morgan fingerprint density at radius 1 is 1.67 bits per heavy atom. The predicted octanol–water partition coefficient (Wildman–Crippen LogP) is 1.31. The highest BCUT2D eigenvalue weighted by atomic mass is 35.5. The zero-order valence-corrected chi connectivity index (χ0v) is 8.16. The molecule has 1 fully saturated rings. The van der Waals surface area contributed by atoms with Gasteiger partial charge < -0.3 is 10.1 Å². The molecule has 1 aliphatic rings. The number of hydrogen-bond donors (Lipinski definition) is 1. The lowest BCUT2D eigenvalue weighted by atomic mass is 10.3. The fraction of sp³-hybridized carbons (Fsp3) is 0.571. The summed E-state index contributed by atoms with van der Waals surface area (Å²) in [5, 5.41) is 5.96. The van der Waals surface area contributed by atoms with E-state index in [0.29, 0.717) is 6.10 Å². The highest BCUT2D eigenvalue weighted by Gasteiger charge is 2.16. The van der Waals surface area contributed by atoms with Gasteiger partial charge in [0.25, 0.3) is 5.19 Å². The van der Waals surface area contributed by atoms with Gasteiger partial charge in [-0.3, -0.25) is 0 Å². The summed E-state index contributed by atoms with van der Waals surface area (Å²) in [6.07, 6.45) is 3.20. The highest BCUT2D eigenvalue weighted by Crippen LogP contribution is 2.17. The van der Waals surface area contributed by atoms with Gasteiger partial charge in [-0.25, -0.2) is 4.98 Å². The van der Waals surface area contributed by atoms with Crippen LogP contribution in [0.3, 0.4) is 0 Å². The quantitative estimate of drug-likeness (QED) is 0.793. The van der Waals surface area contributed by atoms with Crippen molar-refractivity contribution in [3.05, 3.63) is 11.6 Å². The van der Waals surface area contributed by atoms with Crippen LogP contribution in [0.1, 0.15) is 6.42 Å². The summed E-state index contributed by atoms with van der Waals surface area (Å²) in [4.78, 5) is 4.05. The molecule has 3 nitrogen and oxygen atoms in total. The number of nitrogens with one attached hydrogen (secondary N) is 1. The minimum absolute atomic E-state index is 0. The third-order valence-electron chi connectivity index (χ3n) is 1.69. The Morgan fingerprint density at radius 2 is 2.58 bits per heavy atom. The molecule has 2 heterocycles. The Balaban J connectivity index is 0.000000720. The molecule has 0 aliphatic carbocycles. The monoisotopic (exact) mass is 206 g/mol. The van der Waals surface area contributed by atoms with Crippen LogP contribution in [0, 0.1) is 0 Å². The number of aromatic nitrogens is 1. The van der Waals surface area contributed by atoms with Crippen LogP contribution in [0.25, 0.3) is 0 Å². The number of halogens is 1. The second-order valence-corrected chi connectivity index (χ2v) is 3.39. The van der Waals surface area contributed by atoms with Crippen molar-refractivity contribution in [2.24, 2.45) is 0 Å². The minimum atomic E-state index is 0. The van der Waals surface area contributed by atoms with E-state index in [-0.39, 0.29) is 12.4 Å². The molecule has 1 aliphatic heterocycles. The zero-order valence-electron chi connectivity index (χ0n) is 6.53. The molecule has 1 N–H and O–H groups in total. The van der Waals surface area contributed by atoms with Crippen LogP contribution in [0.2, 0.25) is 0 Å². The van der Waals surface area contributed by atoms with Gasteiger partial charge in [0.2, 0.25) is 0 Å². The third kappa shape index (κ3) is 2.33. The first-order valence-electron chi connectivity index (χ1n) is 3.72. The van der Waals surface area contributed by atoms with E-state index in [9.17, 15) is 0 Å². The highest BCUT2D eigenvalue weighted by molar-refractivity contribution is 7.11. The maximum Gasteiger partial charge on any atom is 0.273 e. The van der Waals surface area contributed by atoms with Crippen molar-refractivity contribution >= 4 is 23.7 Å². The van der Waals surface area contributed by atoms with Crippen LogP contribution in [0.5, 0.6) is 5.19 Å². The van der Waals surface area contributed by atoms with E-state index in [1.807, 2.05) is 5.38 Å². The van der Waals surface area contributed by atoms with Gasteiger partial charge in [0.15, 0.2) is 0 Å². The Bertz CT molecular complexity index is 211. The summed E-state index contributed by atoms with van der Waals surface area (Å²) >= 11 is 1.55. The normalized spacial score (nSPS) is 21.8. The van der Waals surface area contributed by atoms with Gasteiger partial charge in [0.1, 0.15) is 6.10 Å². The molecule has 5 heteroatoms. The fourth-order valence-electron chi connectivity index (χ4n) is 1.14. The molecule has 2 rings (SSSR count). The molecule has 0 amide bonds. The van der Waals surface area contributed by atoms with Crippen LogP contribution in [0.4, 0.5) is 0 Å². The smallest absolute Gasteiger partial charge is 0.273 e. The molecule has 0 saturated carbocycles. The Hall–Kier alpha value is -0.320. The maximum absolute atomic E-state index is 5.56. The van der Waals surface area contributed by atoms with Gasteiger partial charge in [-0.2, -0.15) is 0 Å². The lowest BCUT2D eigenvalue weighted by molar-refractivity contribution is 0.222. The first kappa shape index (κ1) is 9.77. The largest absolute Gasteiger partial charge is 0.465 e. The summed E-state index contributed by atoms with van der Waals surface area (Å²) in [5.41, 5.74) is 0. The van der Waals surface area contributed by atoms with Gasteiger partial charge in [-0.15, -0.1) is 12.4 Å².